The fourth-order valence-electron chi connectivity index (χ4n) is 2.29. The van der Waals surface area contributed by atoms with E-state index in [2.05, 4.69) is 32.9 Å². The van der Waals surface area contributed by atoms with Gasteiger partial charge in [-0.15, -0.1) is 0 Å². The minimum absolute atomic E-state index is 0.0270. The molecule has 0 radical (unpaired) electrons. The van der Waals surface area contributed by atoms with Gasteiger partial charge in [0.05, 0.1) is 5.54 Å². The molecule has 2 N–H and O–H groups in total. The molecular formula is C16H24N2O. The fourth-order valence-corrected chi connectivity index (χ4v) is 2.29. The number of carbonyl (C=O) groups is 1. The summed E-state index contributed by atoms with van der Waals surface area (Å²) in [6, 6.07) is 6.29. The number of hydrogen-bond acceptors (Lipinski definition) is 2. The number of amides is 1. The zero-order chi connectivity index (χ0) is 14.4. The van der Waals surface area contributed by atoms with Crippen molar-refractivity contribution in [2.75, 3.05) is 11.9 Å². The SMILES string of the molecule is Cc1cc(C(C)(C)C)ccc1N(C)C(=O)C1(N)CC1. The Labute approximate surface area is 115 Å². The van der Waals surface area contributed by atoms with Gasteiger partial charge in [-0.1, -0.05) is 32.9 Å². The van der Waals surface area contributed by atoms with Gasteiger partial charge in [0.2, 0.25) is 5.91 Å². The molecule has 0 bridgehead atoms. The van der Waals surface area contributed by atoms with Crippen molar-refractivity contribution < 1.29 is 4.79 Å². The maximum absolute atomic E-state index is 12.3. The first kappa shape index (κ1) is 14.1. The van der Waals surface area contributed by atoms with E-state index in [-0.39, 0.29) is 11.3 Å². The molecule has 1 saturated carbocycles. The van der Waals surface area contributed by atoms with Crippen LogP contribution in [-0.2, 0) is 10.2 Å². The summed E-state index contributed by atoms with van der Waals surface area (Å²) in [5.41, 5.74) is 8.85. The van der Waals surface area contributed by atoms with Crippen molar-refractivity contribution in [2.24, 2.45) is 5.73 Å². The van der Waals surface area contributed by atoms with E-state index in [0.717, 1.165) is 24.1 Å². The number of aryl methyl sites for hydroxylation is 1. The molecule has 0 heterocycles. The number of nitrogens with two attached hydrogens (primary N) is 1. The summed E-state index contributed by atoms with van der Waals surface area (Å²) in [4.78, 5) is 14.0. The Balaban J connectivity index is 2.29. The number of carbonyl (C=O) groups excluding carboxylic acids is 1. The second-order valence-corrected chi connectivity index (χ2v) is 6.77. The quantitative estimate of drug-likeness (QED) is 0.888. The first-order chi connectivity index (χ1) is 8.65. The van der Waals surface area contributed by atoms with Gasteiger partial charge in [-0.3, -0.25) is 4.79 Å². The number of likely N-dealkylation sites (N-methyl/N-ethyl adjacent to an activating group) is 1. The van der Waals surface area contributed by atoms with Gasteiger partial charge in [0.1, 0.15) is 0 Å². The Hall–Kier alpha value is -1.35. The molecule has 1 aromatic rings. The predicted molar refractivity (Wildman–Crippen MR) is 79.4 cm³/mol. The number of rotatable bonds is 2. The third kappa shape index (κ3) is 2.66. The first-order valence-corrected chi connectivity index (χ1v) is 6.83. The molecule has 3 nitrogen and oxygen atoms in total. The second-order valence-electron chi connectivity index (χ2n) is 6.77. The van der Waals surface area contributed by atoms with Crippen LogP contribution in [0.1, 0.15) is 44.7 Å². The molecule has 0 aliphatic heterocycles. The minimum atomic E-state index is -0.607. The highest BCUT2D eigenvalue weighted by Gasteiger charge is 2.47. The van der Waals surface area contributed by atoms with Crippen LogP contribution >= 0.6 is 0 Å². The molecule has 1 aromatic carbocycles. The van der Waals surface area contributed by atoms with E-state index in [9.17, 15) is 4.79 Å². The van der Waals surface area contributed by atoms with E-state index in [4.69, 9.17) is 5.73 Å². The van der Waals surface area contributed by atoms with Gasteiger partial charge < -0.3 is 10.6 Å². The predicted octanol–water partition coefficient (Wildman–Crippen LogP) is 2.75. The first-order valence-electron chi connectivity index (χ1n) is 6.83. The van der Waals surface area contributed by atoms with Crippen molar-refractivity contribution in [1.29, 1.82) is 0 Å². The van der Waals surface area contributed by atoms with Crippen LogP contribution in [0.25, 0.3) is 0 Å². The molecule has 0 atom stereocenters. The van der Waals surface area contributed by atoms with Gasteiger partial charge in [-0.05, 0) is 42.4 Å². The maximum atomic E-state index is 12.3. The Morgan fingerprint density at radius 2 is 1.89 bits per heavy atom. The molecule has 0 aromatic heterocycles. The average molecular weight is 260 g/mol. The third-order valence-corrected chi connectivity index (χ3v) is 3.94. The molecule has 104 valence electrons. The van der Waals surface area contributed by atoms with Crippen molar-refractivity contribution in [3.8, 4) is 0 Å². The molecule has 1 aliphatic carbocycles. The van der Waals surface area contributed by atoms with E-state index in [1.54, 1.807) is 4.90 Å². The highest BCUT2D eigenvalue weighted by Crippen LogP contribution is 2.36. The molecule has 0 unspecified atom stereocenters. The highest BCUT2D eigenvalue weighted by atomic mass is 16.2. The number of nitrogens with zero attached hydrogens (tertiary/aromatic N) is 1. The van der Waals surface area contributed by atoms with Crippen LogP contribution in [-0.4, -0.2) is 18.5 Å². The van der Waals surface area contributed by atoms with Gasteiger partial charge in [0, 0.05) is 12.7 Å². The molecule has 1 fully saturated rings. The summed E-state index contributed by atoms with van der Waals surface area (Å²) in [5, 5.41) is 0. The summed E-state index contributed by atoms with van der Waals surface area (Å²) < 4.78 is 0. The van der Waals surface area contributed by atoms with E-state index in [1.807, 2.05) is 20.0 Å². The highest BCUT2D eigenvalue weighted by molar-refractivity contribution is 6.02. The topological polar surface area (TPSA) is 46.3 Å². The molecule has 1 aliphatic rings. The lowest BCUT2D eigenvalue weighted by Crippen LogP contribution is -2.44. The molecule has 2 rings (SSSR count). The van der Waals surface area contributed by atoms with Crippen LogP contribution in [0.2, 0.25) is 0 Å². The standard InChI is InChI=1S/C16H24N2O/c1-11-10-12(15(2,3)4)6-7-13(11)18(5)14(19)16(17)8-9-16/h6-7,10H,8-9,17H2,1-5H3. The molecule has 19 heavy (non-hydrogen) atoms. The maximum Gasteiger partial charge on any atom is 0.246 e. The summed E-state index contributed by atoms with van der Waals surface area (Å²) in [6.45, 7) is 8.62. The summed E-state index contributed by atoms with van der Waals surface area (Å²) in [5.74, 6) is 0.0270. The van der Waals surface area contributed by atoms with Crippen molar-refractivity contribution in [1.82, 2.24) is 0 Å². The zero-order valence-corrected chi connectivity index (χ0v) is 12.6. The smallest absolute Gasteiger partial charge is 0.246 e. The summed E-state index contributed by atoms with van der Waals surface area (Å²) >= 11 is 0. The van der Waals surface area contributed by atoms with Crippen LogP contribution in [0.15, 0.2) is 18.2 Å². The van der Waals surface area contributed by atoms with Crippen LogP contribution in [0, 0.1) is 6.92 Å². The monoisotopic (exact) mass is 260 g/mol. The van der Waals surface area contributed by atoms with E-state index < -0.39 is 5.54 Å². The normalized spacial score (nSPS) is 17.2. The Bertz CT molecular complexity index is 510. The van der Waals surface area contributed by atoms with Crippen molar-refractivity contribution in [2.45, 2.75) is 51.5 Å². The van der Waals surface area contributed by atoms with Gasteiger partial charge in [0.25, 0.3) is 0 Å². The van der Waals surface area contributed by atoms with Gasteiger partial charge in [-0.25, -0.2) is 0 Å². The lowest BCUT2D eigenvalue weighted by molar-refractivity contribution is -0.120. The zero-order valence-electron chi connectivity index (χ0n) is 12.6. The molecular weight excluding hydrogens is 236 g/mol. The van der Waals surface area contributed by atoms with Crippen molar-refractivity contribution in [3.05, 3.63) is 29.3 Å². The molecule has 1 amide bonds. The largest absolute Gasteiger partial charge is 0.317 e. The van der Waals surface area contributed by atoms with Crippen molar-refractivity contribution >= 4 is 11.6 Å². The molecule has 0 spiro atoms. The lowest BCUT2D eigenvalue weighted by atomic mass is 9.86. The van der Waals surface area contributed by atoms with Crippen LogP contribution in [0.5, 0.6) is 0 Å². The van der Waals surface area contributed by atoms with Gasteiger partial charge in [0.15, 0.2) is 0 Å². The second kappa shape index (κ2) is 4.34. The average Bonchev–Trinajstić information content (AvgIpc) is 3.05. The Morgan fingerprint density at radius 3 is 2.32 bits per heavy atom. The summed E-state index contributed by atoms with van der Waals surface area (Å²) in [7, 11) is 1.81. The van der Waals surface area contributed by atoms with Crippen LogP contribution in [0.4, 0.5) is 5.69 Å². The number of anilines is 1. The number of benzene rings is 1. The Morgan fingerprint density at radius 1 is 1.32 bits per heavy atom. The lowest BCUT2D eigenvalue weighted by Gasteiger charge is -2.25. The molecule has 0 saturated heterocycles. The van der Waals surface area contributed by atoms with E-state index in [1.165, 1.54) is 5.56 Å². The van der Waals surface area contributed by atoms with E-state index in [0.29, 0.717) is 0 Å². The van der Waals surface area contributed by atoms with Gasteiger partial charge in [-0.2, -0.15) is 0 Å². The number of hydrogen-bond donors (Lipinski definition) is 1. The Kier molecular flexibility index (Phi) is 3.21. The van der Waals surface area contributed by atoms with Crippen LogP contribution in [0.3, 0.4) is 0 Å². The van der Waals surface area contributed by atoms with Crippen molar-refractivity contribution in [3.63, 3.8) is 0 Å². The summed E-state index contributed by atoms with van der Waals surface area (Å²) in [6.07, 6.45) is 1.60. The fraction of sp³-hybridized carbons (Fsp3) is 0.562. The molecule has 3 heteroatoms. The minimum Gasteiger partial charge on any atom is -0.317 e. The van der Waals surface area contributed by atoms with Crippen LogP contribution < -0.4 is 10.6 Å². The van der Waals surface area contributed by atoms with Gasteiger partial charge >= 0.3 is 0 Å². The van der Waals surface area contributed by atoms with E-state index >= 15 is 0 Å². The third-order valence-electron chi connectivity index (χ3n) is 3.94.